The molecule has 1 rings (SSSR count). The van der Waals surface area contributed by atoms with E-state index in [4.69, 9.17) is 17.5 Å². The lowest BCUT2D eigenvalue weighted by atomic mass is 10.2. The molecule has 0 spiro atoms. The molecule has 0 aliphatic carbocycles. The van der Waals surface area contributed by atoms with Crippen LogP contribution in [0.2, 0.25) is 0 Å². The topological polar surface area (TPSA) is 55.1 Å². The van der Waals surface area contributed by atoms with Crippen molar-refractivity contribution in [3.05, 3.63) is 29.8 Å². The van der Waals surface area contributed by atoms with Crippen molar-refractivity contribution in [1.29, 1.82) is 0 Å². The lowest BCUT2D eigenvalue weighted by molar-refractivity contribution is 0.0982. The van der Waals surface area contributed by atoms with Gasteiger partial charge in [0.15, 0.2) is 0 Å². The Bertz CT molecular complexity index is 275. The molecular formula is C7H7ClN2O. The standard InChI is InChI=1S/C7H7ClN2O/c8-10-7(11)5-3-1-2-4-6(5)9/h1-4H,9H2,(H,10,11). The van der Waals surface area contributed by atoms with Gasteiger partial charge >= 0.3 is 0 Å². The molecule has 1 amide bonds. The van der Waals surface area contributed by atoms with Gasteiger partial charge in [-0.05, 0) is 12.1 Å². The molecule has 3 nitrogen and oxygen atoms in total. The van der Waals surface area contributed by atoms with Gasteiger partial charge in [0.05, 0.1) is 5.56 Å². The maximum atomic E-state index is 10.9. The van der Waals surface area contributed by atoms with Crippen LogP contribution in [0.5, 0.6) is 0 Å². The minimum absolute atomic E-state index is 0.384. The summed E-state index contributed by atoms with van der Waals surface area (Å²) in [5.41, 5.74) is 6.29. The van der Waals surface area contributed by atoms with Crippen molar-refractivity contribution < 1.29 is 4.79 Å². The van der Waals surface area contributed by atoms with E-state index in [2.05, 4.69) is 0 Å². The van der Waals surface area contributed by atoms with Crippen LogP contribution in [0.3, 0.4) is 0 Å². The number of carbonyl (C=O) groups excluding carboxylic acids is 1. The molecule has 1 aromatic rings. The molecule has 0 unspecified atom stereocenters. The van der Waals surface area contributed by atoms with Crippen molar-refractivity contribution in [2.24, 2.45) is 0 Å². The molecule has 0 saturated heterocycles. The Balaban J connectivity index is 3.03. The van der Waals surface area contributed by atoms with Crippen molar-refractivity contribution in [1.82, 2.24) is 4.84 Å². The summed E-state index contributed by atoms with van der Waals surface area (Å²) >= 11 is 5.10. The number of nitrogens with two attached hydrogens (primary N) is 1. The van der Waals surface area contributed by atoms with Gasteiger partial charge in [-0.15, -0.1) is 0 Å². The number of para-hydroxylation sites is 1. The summed E-state index contributed by atoms with van der Waals surface area (Å²) < 4.78 is 0. The third kappa shape index (κ3) is 1.62. The smallest absolute Gasteiger partial charge is 0.267 e. The third-order valence-corrected chi connectivity index (χ3v) is 1.46. The van der Waals surface area contributed by atoms with Gasteiger partial charge in [0.25, 0.3) is 5.91 Å². The Hall–Kier alpha value is -1.22. The number of halogens is 1. The quantitative estimate of drug-likeness (QED) is 0.491. The van der Waals surface area contributed by atoms with Crippen molar-refractivity contribution in [3.8, 4) is 0 Å². The number of nitrogen functional groups attached to an aromatic ring is 1. The predicted molar refractivity (Wildman–Crippen MR) is 44.2 cm³/mol. The second kappa shape index (κ2) is 3.25. The van der Waals surface area contributed by atoms with Crippen LogP contribution in [0.4, 0.5) is 5.69 Å². The molecular weight excluding hydrogens is 164 g/mol. The van der Waals surface area contributed by atoms with E-state index >= 15 is 0 Å². The number of hydrogen-bond donors (Lipinski definition) is 2. The molecule has 3 N–H and O–H groups in total. The number of carbonyl (C=O) groups is 1. The highest BCUT2D eigenvalue weighted by molar-refractivity contribution is 6.24. The second-order valence-corrected chi connectivity index (χ2v) is 2.20. The average molecular weight is 171 g/mol. The van der Waals surface area contributed by atoms with Crippen molar-refractivity contribution in [3.63, 3.8) is 0 Å². The van der Waals surface area contributed by atoms with Crippen LogP contribution < -0.4 is 10.6 Å². The van der Waals surface area contributed by atoms with Gasteiger partial charge in [-0.25, -0.2) is 0 Å². The summed E-state index contributed by atoms with van der Waals surface area (Å²) in [7, 11) is 0. The molecule has 4 heteroatoms. The number of rotatable bonds is 1. The Morgan fingerprint density at radius 2 is 2.09 bits per heavy atom. The van der Waals surface area contributed by atoms with Crippen molar-refractivity contribution in [2.75, 3.05) is 5.73 Å². The Morgan fingerprint density at radius 1 is 1.45 bits per heavy atom. The molecule has 0 bridgehead atoms. The highest BCUT2D eigenvalue weighted by Crippen LogP contribution is 2.09. The number of nitrogens with one attached hydrogen (secondary N) is 1. The first kappa shape index (κ1) is 7.88. The van der Waals surface area contributed by atoms with Crippen LogP contribution >= 0.6 is 11.8 Å². The summed E-state index contributed by atoms with van der Waals surface area (Å²) in [6, 6.07) is 6.71. The molecule has 1 aromatic carbocycles. The van der Waals surface area contributed by atoms with Gasteiger partial charge in [0, 0.05) is 17.5 Å². The third-order valence-electron chi connectivity index (χ3n) is 1.29. The van der Waals surface area contributed by atoms with Crippen LogP contribution in [0, 0.1) is 0 Å². The van der Waals surface area contributed by atoms with Gasteiger partial charge in [-0.1, -0.05) is 12.1 Å². The molecule has 58 valence electrons. The maximum Gasteiger partial charge on any atom is 0.267 e. The summed E-state index contributed by atoms with van der Waals surface area (Å²) in [6.45, 7) is 0. The van der Waals surface area contributed by atoms with E-state index in [0.29, 0.717) is 11.3 Å². The van der Waals surface area contributed by atoms with Gasteiger partial charge in [0.1, 0.15) is 0 Å². The maximum absolute atomic E-state index is 10.9. The first-order valence-electron chi connectivity index (χ1n) is 3.01. The lowest BCUT2D eigenvalue weighted by Gasteiger charge is -2.00. The van der Waals surface area contributed by atoms with Gasteiger partial charge < -0.3 is 5.73 Å². The van der Waals surface area contributed by atoms with Gasteiger partial charge in [-0.3, -0.25) is 9.63 Å². The number of hydrogen-bond acceptors (Lipinski definition) is 2. The average Bonchev–Trinajstić information content (AvgIpc) is 2.04. The fourth-order valence-corrected chi connectivity index (χ4v) is 0.856. The monoisotopic (exact) mass is 170 g/mol. The molecule has 0 radical (unpaired) electrons. The molecule has 11 heavy (non-hydrogen) atoms. The first-order valence-corrected chi connectivity index (χ1v) is 3.39. The number of benzene rings is 1. The zero-order valence-electron chi connectivity index (χ0n) is 5.67. The fraction of sp³-hybridized carbons (Fsp3) is 0. The largest absolute Gasteiger partial charge is 0.398 e. The van der Waals surface area contributed by atoms with E-state index < -0.39 is 0 Å². The number of amides is 1. The molecule has 0 aromatic heterocycles. The molecule has 0 aliphatic rings. The molecule has 0 saturated carbocycles. The lowest BCUT2D eigenvalue weighted by Crippen LogP contribution is -2.14. The van der Waals surface area contributed by atoms with E-state index in [9.17, 15) is 4.79 Å². The second-order valence-electron chi connectivity index (χ2n) is 2.01. The fourth-order valence-electron chi connectivity index (χ4n) is 0.755. The van der Waals surface area contributed by atoms with E-state index in [1.54, 1.807) is 24.3 Å². The SMILES string of the molecule is Nc1ccccc1C(=O)NCl. The molecule has 0 fully saturated rings. The van der Waals surface area contributed by atoms with Crippen LogP contribution in [0.1, 0.15) is 10.4 Å². The normalized spacial score (nSPS) is 9.18. The van der Waals surface area contributed by atoms with Crippen molar-refractivity contribution in [2.45, 2.75) is 0 Å². The molecule has 0 aliphatic heterocycles. The minimum atomic E-state index is -0.384. The number of anilines is 1. The predicted octanol–water partition coefficient (Wildman–Crippen LogP) is 1.15. The van der Waals surface area contributed by atoms with E-state index in [1.165, 1.54) is 0 Å². The molecule has 0 heterocycles. The van der Waals surface area contributed by atoms with Gasteiger partial charge in [-0.2, -0.15) is 0 Å². The summed E-state index contributed by atoms with van der Waals surface area (Å²) in [5.74, 6) is -0.384. The Labute approximate surface area is 69.3 Å². The van der Waals surface area contributed by atoms with Crippen LogP contribution in [-0.2, 0) is 0 Å². The van der Waals surface area contributed by atoms with E-state index in [0.717, 1.165) is 0 Å². The Kier molecular flexibility index (Phi) is 2.33. The van der Waals surface area contributed by atoms with E-state index in [1.807, 2.05) is 4.84 Å². The Morgan fingerprint density at radius 3 is 2.64 bits per heavy atom. The zero-order chi connectivity index (χ0) is 8.27. The van der Waals surface area contributed by atoms with E-state index in [-0.39, 0.29) is 5.91 Å². The van der Waals surface area contributed by atoms with Crippen LogP contribution in [-0.4, -0.2) is 5.91 Å². The highest BCUT2D eigenvalue weighted by atomic mass is 35.5. The van der Waals surface area contributed by atoms with Crippen molar-refractivity contribution >= 4 is 23.4 Å². The molecule has 0 atom stereocenters. The first-order chi connectivity index (χ1) is 5.25. The minimum Gasteiger partial charge on any atom is -0.398 e. The summed E-state index contributed by atoms with van der Waals surface area (Å²) in [4.78, 5) is 12.9. The zero-order valence-corrected chi connectivity index (χ0v) is 6.43. The summed E-state index contributed by atoms with van der Waals surface area (Å²) in [5, 5.41) is 0. The van der Waals surface area contributed by atoms with Gasteiger partial charge in [0.2, 0.25) is 0 Å². The highest BCUT2D eigenvalue weighted by Gasteiger charge is 2.05. The summed E-state index contributed by atoms with van der Waals surface area (Å²) in [6.07, 6.45) is 0. The van der Waals surface area contributed by atoms with Crippen LogP contribution in [0.15, 0.2) is 24.3 Å². The van der Waals surface area contributed by atoms with Crippen LogP contribution in [0.25, 0.3) is 0 Å².